The van der Waals surface area contributed by atoms with Crippen LogP contribution in [0.25, 0.3) is 11.3 Å². The van der Waals surface area contributed by atoms with Gasteiger partial charge in [0.2, 0.25) is 0 Å². The molecule has 0 N–H and O–H groups in total. The van der Waals surface area contributed by atoms with Crippen molar-refractivity contribution in [3.05, 3.63) is 47.7 Å². The van der Waals surface area contributed by atoms with Gasteiger partial charge in [0.25, 0.3) is 0 Å². The first-order chi connectivity index (χ1) is 9.43. The van der Waals surface area contributed by atoms with Crippen LogP contribution < -0.4 is 0 Å². The topological polar surface area (TPSA) is 14.2 Å². The first-order valence-corrected chi connectivity index (χ1v) is 7.19. The summed E-state index contributed by atoms with van der Waals surface area (Å²) in [6, 6.07) is 13.3. The number of aromatic nitrogens is 1. The normalized spacial score (nSPS) is 11.8. The van der Waals surface area contributed by atoms with Crippen molar-refractivity contribution in [2.24, 2.45) is 0 Å². The molecule has 0 unspecified atom stereocenters. The van der Waals surface area contributed by atoms with E-state index in [1.165, 1.54) is 22.5 Å². The highest BCUT2D eigenvalue weighted by molar-refractivity contribution is 5.61. The van der Waals surface area contributed by atoms with Crippen LogP contribution >= 0.6 is 0 Å². The van der Waals surface area contributed by atoms with Gasteiger partial charge in [-0.05, 0) is 35.6 Å². The quantitative estimate of drug-likeness (QED) is 0.803. The van der Waals surface area contributed by atoms with Crippen molar-refractivity contribution in [3.8, 4) is 11.3 Å². The van der Waals surface area contributed by atoms with Crippen molar-refractivity contribution in [2.75, 3.05) is 13.7 Å². The highest BCUT2D eigenvalue weighted by Crippen LogP contribution is 2.27. The van der Waals surface area contributed by atoms with Crippen LogP contribution in [0, 0.1) is 6.92 Å². The van der Waals surface area contributed by atoms with Gasteiger partial charge in [0, 0.05) is 25.0 Å². The van der Waals surface area contributed by atoms with Crippen molar-refractivity contribution in [2.45, 2.75) is 39.7 Å². The molecule has 2 nitrogen and oxygen atoms in total. The van der Waals surface area contributed by atoms with Gasteiger partial charge in [0.05, 0.1) is 6.61 Å². The average Bonchev–Trinajstić information content (AvgIpc) is 2.77. The molecule has 1 aromatic carbocycles. The van der Waals surface area contributed by atoms with Gasteiger partial charge in [-0.2, -0.15) is 0 Å². The second-order valence-corrected chi connectivity index (χ2v) is 6.33. The molecule has 1 heterocycles. The Hall–Kier alpha value is -1.54. The van der Waals surface area contributed by atoms with Crippen LogP contribution in [0.15, 0.2) is 36.4 Å². The number of methoxy groups -OCH3 is 1. The number of rotatable bonds is 4. The molecule has 0 fully saturated rings. The van der Waals surface area contributed by atoms with Gasteiger partial charge in [0.1, 0.15) is 0 Å². The van der Waals surface area contributed by atoms with Gasteiger partial charge in [-0.15, -0.1) is 0 Å². The minimum atomic E-state index is 0.201. The number of hydrogen-bond acceptors (Lipinski definition) is 1. The smallest absolute Gasteiger partial charge is 0.0642 e. The van der Waals surface area contributed by atoms with Crippen molar-refractivity contribution >= 4 is 0 Å². The third-order valence-corrected chi connectivity index (χ3v) is 3.76. The molecule has 0 aliphatic rings. The van der Waals surface area contributed by atoms with Gasteiger partial charge in [-0.3, -0.25) is 0 Å². The van der Waals surface area contributed by atoms with Crippen molar-refractivity contribution in [1.29, 1.82) is 0 Å². The lowest BCUT2D eigenvalue weighted by molar-refractivity contribution is 0.187. The fourth-order valence-corrected chi connectivity index (χ4v) is 2.44. The van der Waals surface area contributed by atoms with Crippen molar-refractivity contribution in [1.82, 2.24) is 4.57 Å². The zero-order valence-electron chi connectivity index (χ0n) is 13.2. The lowest BCUT2D eigenvalue weighted by atomic mass is 9.86. The van der Waals surface area contributed by atoms with Crippen LogP contribution in [-0.4, -0.2) is 18.3 Å². The zero-order chi connectivity index (χ0) is 14.8. The summed E-state index contributed by atoms with van der Waals surface area (Å²) in [6.07, 6.45) is 0. The molecule has 1 aromatic heterocycles. The lowest BCUT2D eigenvalue weighted by Crippen LogP contribution is -2.11. The van der Waals surface area contributed by atoms with E-state index in [0.29, 0.717) is 0 Å². The Labute approximate surface area is 122 Å². The summed E-state index contributed by atoms with van der Waals surface area (Å²) in [5.41, 5.74) is 5.37. The zero-order valence-corrected chi connectivity index (χ0v) is 13.2. The molecule has 0 aliphatic heterocycles. The van der Waals surface area contributed by atoms with Gasteiger partial charge in [0.15, 0.2) is 0 Å². The molecular weight excluding hydrogens is 246 g/mol. The molecule has 0 spiro atoms. The Bertz CT molecular complexity index is 558. The van der Waals surface area contributed by atoms with Gasteiger partial charge in [-0.25, -0.2) is 0 Å². The summed E-state index contributed by atoms with van der Waals surface area (Å²) in [7, 11) is 1.75. The van der Waals surface area contributed by atoms with Crippen LogP contribution in [0.3, 0.4) is 0 Å². The summed E-state index contributed by atoms with van der Waals surface area (Å²) >= 11 is 0. The van der Waals surface area contributed by atoms with Crippen LogP contribution in [0.2, 0.25) is 0 Å². The Morgan fingerprint density at radius 1 is 1.00 bits per heavy atom. The Balaban J connectivity index is 2.32. The number of nitrogens with zero attached hydrogens (tertiary/aromatic N) is 1. The van der Waals surface area contributed by atoms with E-state index in [-0.39, 0.29) is 5.41 Å². The largest absolute Gasteiger partial charge is 0.383 e. The first kappa shape index (κ1) is 14.9. The van der Waals surface area contributed by atoms with Crippen molar-refractivity contribution in [3.63, 3.8) is 0 Å². The van der Waals surface area contributed by atoms with Gasteiger partial charge >= 0.3 is 0 Å². The Kier molecular flexibility index (Phi) is 4.34. The number of aryl methyl sites for hydroxylation is 1. The van der Waals surface area contributed by atoms with Crippen LogP contribution in [-0.2, 0) is 16.7 Å². The third kappa shape index (κ3) is 3.13. The Morgan fingerprint density at radius 3 is 2.20 bits per heavy atom. The molecule has 0 radical (unpaired) electrons. The Morgan fingerprint density at radius 2 is 1.65 bits per heavy atom. The SMILES string of the molecule is COCCn1c(C)ccc1-c1ccc(C(C)(C)C)cc1. The molecule has 2 aromatic rings. The molecule has 0 saturated heterocycles. The molecule has 20 heavy (non-hydrogen) atoms. The van der Waals surface area contributed by atoms with Gasteiger partial charge < -0.3 is 9.30 Å². The third-order valence-electron chi connectivity index (χ3n) is 3.76. The number of benzene rings is 1. The van der Waals surface area contributed by atoms with Gasteiger partial charge in [-0.1, -0.05) is 45.0 Å². The fraction of sp³-hybridized carbons (Fsp3) is 0.444. The van der Waals surface area contributed by atoms with E-state index in [2.05, 4.69) is 68.7 Å². The lowest BCUT2D eigenvalue weighted by Gasteiger charge is -2.19. The summed E-state index contributed by atoms with van der Waals surface area (Å²) in [6.45, 7) is 10.5. The second kappa shape index (κ2) is 5.84. The molecule has 2 rings (SSSR count). The predicted molar refractivity (Wildman–Crippen MR) is 85.2 cm³/mol. The first-order valence-electron chi connectivity index (χ1n) is 7.19. The van der Waals surface area contributed by atoms with E-state index in [1.807, 2.05) is 0 Å². The van der Waals surface area contributed by atoms with Crippen LogP contribution in [0.1, 0.15) is 32.0 Å². The van der Waals surface area contributed by atoms with E-state index in [4.69, 9.17) is 4.74 Å². The minimum absolute atomic E-state index is 0.201. The molecule has 0 aliphatic carbocycles. The van der Waals surface area contributed by atoms with E-state index < -0.39 is 0 Å². The summed E-state index contributed by atoms with van der Waals surface area (Å²) in [5.74, 6) is 0. The summed E-state index contributed by atoms with van der Waals surface area (Å²) in [4.78, 5) is 0. The fourth-order valence-electron chi connectivity index (χ4n) is 2.44. The second-order valence-electron chi connectivity index (χ2n) is 6.33. The standard InChI is InChI=1S/C18H25NO/c1-14-6-11-17(19(14)12-13-20-5)15-7-9-16(10-8-15)18(2,3)4/h6-11H,12-13H2,1-5H3. The molecule has 2 heteroatoms. The van der Waals surface area contributed by atoms with Crippen LogP contribution in [0.4, 0.5) is 0 Å². The van der Waals surface area contributed by atoms with E-state index in [0.717, 1.165) is 13.2 Å². The molecule has 108 valence electrons. The molecule has 0 atom stereocenters. The molecule has 0 amide bonds. The van der Waals surface area contributed by atoms with Crippen molar-refractivity contribution < 1.29 is 4.74 Å². The molecule has 0 bridgehead atoms. The van der Waals surface area contributed by atoms with E-state index in [1.54, 1.807) is 7.11 Å². The highest BCUT2D eigenvalue weighted by Gasteiger charge is 2.14. The average molecular weight is 271 g/mol. The summed E-state index contributed by atoms with van der Waals surface area (Å²) < 4.78 is 7.52. The van der Waals surface area contributed by atoms with E-state index in [9.17, 15) is 0 Å². The molecular formula is C18H25NO. The monoisotopic (exact) mass is 271 g/mol. The maximum atomic E-state index is 5.20. The minimum Gasteiger partial charge on any atom is -0.383 e. The highest BCUT2D eigenvalue weighted by atomic mass is 16.5. The molecule has 0 saturated carbocycles. The summed E-state index contributed by atoms with van der Waals surface area (Å²) in [5, 5.41) is 0. The number of ether oxygens (including phenoxy) is 1. The van der Waals surface area contributed by atoms with Crippen LogP contribution in [0.5, 0.6) is 0 Å². The maximum absolute atomic E-state index is 5.20. The van der Waals surface area contributed by atoms with E-state index >= 15 is 0 Å². The maximum Gasteiger partial charge on any atom is 0.0642 e. The predicted octanol–water partition coefficient (Wildman–Crippen LogP) is 4.41. The number of hydrogen-bond donors (Lipinski definition) is 0.